The van der Waals surface area contributed by atoms with Crippen molar-refractivity contribution in [1.82, 2.24) is 0 Å². The van der Waals surface area contributed by atoms with Crippen molar-refractivity contribution < 1.29 is 35.0 Å². The normalized spacial score (nSPS) is 37.3. The Bertz CT molecular complexity index is 200. The Kier molecular flexibility index (Phi) is 5.56. The summed E-state index contributed by atoms with van der Waals surface area (Å²) in [6, 6.07) is 0. The van der Waals surface area contributed by atoms with Crippen molar-refractivity contribution in [1.29, 1.82) is 0 Å². The number of hydrogen-bond donors (Lipinski definition) is 5. The number of hydrogen-bond acceptors (Lipinski definition) is 7. The molecule has 0 unspecified atom stereocenters. The van der Waals surface area contributed by atoms with Crippen LogP contribution in [0.3, 0.4) is 0 Å². The van der Waals surface area contributed by atoms with E-state index >= 15 is 0 Å². The van der Waals surface area contributed by atoms with E-state index in [9.17, 15) is 10.2 Å². The Morgan fingerprint density at radius 3 is 2.56 bits per heavy atom. The first-order chi connectivity index (χ1) is 7.56. The molecular weight excluding hydrogens is 220 g/mol. The van der Waals surface area contributed by atoms with Crippen molar-refractivity contribution in [2.75, 3.05) is 19.8 Å². The molecule has 0 aromatic rings. The SMILES string of the molecule is OC[C@H](O)CCO[C@@H]1OC[C@@H](O)[C@H](O)[C@H]1O. The van der Waals surface area contributed by atoms with Gasteiger partial charge >= 0.3 is 0 Å². The molecule has 0 spiro atoms. The molecule has 5 atom stereocenters. The second kappa shape index (κ2) is 6.45. The summed E-state index contributed by atoms with van der Waals surface area (Å²) < 4.78 is 10.0. The highest BCUT2D eigenvalue weighted by molar-refractivity contribution is 4.82. The third-order valence-corrected chi connectivity index (χ3v) is 2.40. The van der Waals surface area contributed by atoms with Crippen LogP contribution in [0.2, 0.25) is 0 Å². The standard InChI is InChI=1S/C9H18O7/c10-3-5(11)1-2-15-9-8(14)7(13)6(12)4-16-9/h5-14H,1-4H2/t5-,6-,7+,8-,9-/m1/s1. The molecule has 7 nitrogen and oxygen atoms in total. The Morgan fingerprint density at radius 2 is 1.94 bits per heavy atom. The zero-order chi connectivity index (χ0) is 12.1. The van der Waals surface area contributed by atoms with Gasteiger partial charge in [0.15, 0.2) is 6.29 Å². The molecule has 1 aliphatic rings. The summed E-state index contributed by atoms with van der Waals surface area (Å²) in [6.07, 6.45) is -5.46. The molecule has 0 aliphatic carbocycles. The fraction of sp³-hybridized carbons (Fsp3) is 1.00. The fourth-order valence-electron chi connectivity index (χ4n) is 1.34. The van der Waals surface area contributed by atoms with Crippen LogP contribution in [0.5, 0.6) is 0 Å². The Hall–Kier alpha value is -0.280. The molecule has 0 radical (unpaired) electrons. The molecular formula is C9H18O7. The lowest BCUT2D eigenvalue weighted by molar-refractivity contribution is -0.270. The van der Waals surface area contributed by atoms with Crippen molar-refractivity contribution in [3.8, 4) is 0 Å². The largest absolute Gasteiger partial charge is 0.394 e. The van der Waals surface area contributed by atoms with Gasteiger partial charge < -0.3 is 35.0 Å². The first kappa shape index (κ1) is 13.8. The summed E-state index contributed by atoms with van der Waals surface area (Å²) in [4.78, 5) is 0. The van der Waals surface area contributed by atoms with Gasteiger partial charge in [-0.1, -0.05) is 0 Å². The van der Waals surface area contributed by atoms with Crippen LogP contribution in [0.1, 0.15) is 6.42 Å². The first-order valence-electron chi connectivity index (χ1n) is 5.12. The minimum Gasteiger partial charge on any atom is -0.394 e. The molecule has 0 aromatic heterocycles. The minimum absolute atomic E-state index is 0.0757. The second-order valence-electron chi connectivity index (χ2n) is 3.75. The van der Waals surface area contributed by atoms with Gasteiger partial charge in [-0.05, 0) is 6.42 Å². The highest BCUT2D eigenvalue weighted by Gasteiger charge is 2.38. The number of aliphatic hydroxyl groups is 5. The van der Waals surface area contributed by atoms with E-state index in [1.807, 2.05) is 0 Å². The van der Waals surface area contributed by atoms with Crippen molar-refractivity contribution in [2.24, 2.45) is 0 Å². The fourth-order valence-corrected chi connectivity index (χ4v) is 1.34. The highest BCUT2D eigenvalue weighted by atomic mass is 16.7. The van der Waals surface area contributed by atoms with Gasteiger partial charge in [-0.3, -0.25) is 0 Å². The van der Waals surface area contributed by atoms with Crippen LogP contribution in [-0.2, 0) is 9.47 Å². The summed E-state index contributed by atoms with van der Waals surface area (Å²) in [6.45, 7) is -0.406. The maximum Gasteiger partial charge on any atom is 0.186 e. The van der Waals surface area contributed by atoms with E-state index < -0.39 is 30.7 Å². The molecule has 0 bridgehead atoms. The lowest BCUT2D eigenvalue weighted by atomic mass is 10.1. The van der Waals surface area contributed by atoms with Gasteiger partial charge in [0.1, 0.15) is 18.3 Å². The molecule has 0 aromatic carbocycles. The molecule has 1 saturated heterocycles. The topological polar surface area (TPSA) is 120 Å². The quantitative estimate of drug-likeness (QED) is 0.350. The van der Waals surface area contributed by atoms with Crippen molar-refractivity contribution in [3.05, 3.63) is 0 Å². The van der Waals surface area contributed by atoms with Crippen LogP contribution >= 0.6 is 0 Å². The molecule has 0 saturated carbocycles. The van der Waals surface area contributed by atoms with E-state index in [4.69, 9.17) is 24.8 Å². The summed E-state index contributed by atoms with van der Waals surface area (Å²) >= 11 is 0. The Labute approximate surface area is 92.9 Å². The van der Waals surface area contributed by atoms with Crippen LogP contribution in [0.4, 0.5) is 0 Å². The van der Waals surface area contributed by atoms with E-state index in [0.29, 0.717) is 0 Å². The molecule has 1 rings (SSSR count). The van der Waals surface area contributed by atoms with Gasteiger partial charge in [0, 0.05) is 0 Å². The number of rotatable bonds is 5. The monoisotopic (exact) mass is 238 g/mol. The minimum atomic E-state index is -1.32. The zero-order valence-electron chi connectivity index (χ0n) is 8.77. The number of ether oxygens (including phenoxy) is 2. The van der Waals surface area contributed by atoms with Gasteiger partial charge in [0.25, 0.3) is 0 Å². The van der Waals surface area contributed by atoms with Crippen LogP contribution in [0.15, 0.2) is 0 Å². The number of aliphatic hydroxyl groups excluding tert-OH is 5. The van der Waals surface area contributed by atoms with Gasteiger partial charge in [0.2, 0.25) is 0 Å². The van der Waals surface area contributed by atoms with Crippen LogP contribution < -0.4 is 0 Å². The van der Waals surface area contributed by atoms with Gasteiger partial charge in [-0.25, -0.2) is 0 Å². The lowest BCUT2D eigenvalue weighted by Gasteiger charge is -2.34. The molecule has 1 fully saturated rings. The molecule has 16 heavy (non-hydrogen) atoms. The van der Waals surface area contributed by atoms with Crippen molar-refractivity contribution >= 4 is 0 Å². The van der Waals surface area contributed by atoms with E-state index in [2.05, 4.69) is 0 Å². The Balaban J connectivity index is 2.27. The third-order valence-electron chi connectivity index (χ3n) is 2.40. The molecule has 96 valence electrons. The van der Waals surface area contributed by atoms with Gasteiger partial charge in [-0.15, -0.1) is 0 Å². The second-order valence-corrected chi connectivity index (χ2v) is 3.75. The van der Waals surface area contributed by atoms with Crippen molar-refractivity contribution in [2.45, 2.75) is 37.1 Å². The third kappa shape index (κ3) is 3.63. The molecule has 1 heterocycles. The predicted molar refractivity (Wildman–Crippen MR) is 51.4 cm³/mol. The maximum atomic E-state index is 9.46. The summed E-state index contributed by atoms with van der Waals surface area (Å²) in [5.74, 6) is 0. The van der Waals surface area contributed by atoms with Gasteiger partial charge in [-0.2, -0.15) is 0 Å². The molecule has 7 heteroatoms. The van der Waals surface area contributed by atoms with Crippen LogP contribution in [0, 0.1) is 0 Å². The van der Waals surface area contributed by atoms with E-state index in [1.165, 1.54) is 0 Å². The molecule has 1 aliphatic heterocycles. The predicted octanol–water partition coefficient (Wildman–Crippen LogP) is -2.81. The highest BCUT2D eigenvalue weighted by Crippen LogP contribution is 2.16. The van der Waals surface area contributed by atoms with E-state index in [1.54, 1.807) is 0 Å². The van der Waals surface area contributed by atoms with E-state index in [-0.39, 0.29) is 26.2 Å². The first-order valence-corrected chi connectivity index (χ1v) is 5.12. The smallest absolute Gasteiger partial charge is 0.186 e. The maximum absolute atomic E-state index is 9.46. The average molecular weight is 238 g/mol. The van der Waals surface area contributed by atoms with E-state index in [0.717, 1.165) is 0 Å². The van der Waals surface area contributed by atoms with Crippen LogP contribution in [-0.4, -0.2) is 76.1 Å². The summed E-state index contributed by atoms with van der Waals surface area (Å²) in [5, 5.41) is 45.5. The van der Waals surface area contributed by atoms with Crippen molar-refractivity contribution in [3.63, 3.8) is 0 Å². The molecule has 0 amide bonds. The zero-order valence-corrected chi connectivity index (χ0v) is 8.77. The lowest BCUT2D eigenvalue weighted by Crippen LogP contribution is -2.53. The average Bonchev–Trinajstić information content (AvgIpc) is 2.29. The summed E-state index contributed by atoms with van der Waals surface area (Å²) in [5.41, 5.74) is 0. The molecule has 5 N–H and O–H groups in total. The van der Waals surface area contributed by atoms with Gasteiger partial charge in [0.05, 0.1) is 25.9 Å². The summed E-state index contributed by atoms with van der Waals surface area (Å²) in [7, 11) is 0. The van der Waals surface area contributed by atoms with Crippen LogP contribution in [0.25, 0.3) is 0 Å². The Morgan fingerprint density at radius 1 is 1.25 bits per heavy atom.